The third-order valence-corrected chi connectivity index (χ3v) is 8.28. The lowest BCUT2D eigenvalue weighted by atomic mass is 9.90. The molecule has 1 saturated heterocycles. The molecule has 0 bridgehead atoms. The molecule has 0 spiro atoms. The highest BCUT2D eigenvalue weighted by Crippen LogP contribution is 2.27. The molecule has 3 rings (SSSR count). The lowest BCUT2D eigenvalue weighted by Gasteiger charge is -2.32. The summed E-state index contributed by atoms with van der Waals surface area (Å²) in [6.45, 7) is 5.62. The number of hydrogen-bond acceptors (Lipinski definition) is 3. The molecule has 1 aliphatic heterocycles. The van der Waals surface area contributed by atoms with Crippen molar-refractivity contribution in [2.75, 3.05) is 19.6 Å². The highest BCUT2D eigenvalue weighted by molar-refractivity contribution is 7.89. The van der Waals surface area contributed by atoms with Crippen LogP contribution in [0.25, 0.3) is 0 Å². The topological polar surface area (TPSA) is 66.5 Å². The molecule has 2 aliphatic rings. The van der Waals surface area contributed by atoms with E-state index < -0.39 is 10.0 Å². The van der Waals surface area contributed by atoms with Crippen molar-refractivity contribution in [1.29, 1.82) is 0 Å². The average molecular weight is 407 g/mol. The maximum Gasteiger partial charge on any atom is 0.220 e. The van der Waals surface area contributed by atoms with E-state index >= 15 is 0 Å². The molecule has 156 valence electrons. The van der Waals surface area contributed by atoms with Gasteiger partial charge in [0, 0.05) is 26.1 Å². The van der Waals surface area contributed by atoms with Crippen molar-refractivity contribution in [3.05, 3.63) is 35.4 Å². The number of nitrogens with one attached hydrogen (secondary N) is 1. The van der Waals surface area contributed by atoms with Crippen LogP contribution in [-0.2, 0) is 27.7 Å². The van der Waals surface area contributed by atoms with Crippen LogP contribution < -0.4 is 5.32 Å². The molecule has 1 N–H and O–H groups in total. The average Bonchev–Trinajstić information content (AvgIpc) is 3.50. The second kappa shape index (κ2) is 9.40. The first-order valence-electron chi connectivity index (χ1n) is 10.7. The molecule has 0 radical (unpaired) electrons. The van der Waals surface area contributed by atoms with Crippen LogP contribution in [0.2, 0.25) is 0 Å². The summed E-state index contributed by atoms with van der Waals surface area (Å²) in [6, 6.07) is 8.58. The van der Waals surface area contributed by atoms with Crippen LogP contribution in [0.3, 0.4) is 0 Å². The van der Waals surface area contributed by atoms with E-state index in [-0.39, 0.29) is 11.2 Å². The zero-order valence-corrected chi connectivity index (χ0v) is 18.0. The molecule has 0 unspecified atom stereocenters. The number of benzene rings is 1. The van der Waals surface area contributed by atoms with Crippen LogP contribution in [0, 0.1) is 11.8 Å². The zero-order chi connectivity index (χ0) is 20.1. The Morgan fingerprint density at radius 2 is 1.64 bits per heavy atom. The summed E-state index contributed by atoms with van der Waals surface area (Å²) < 4.78 is 26.2. The van der Waals surface area contributed by atoms with Crippen LogP contribution in [0.15, 0.2) is 24.3 Å². The minimum atomic E-state index is -3.12. The fraction of sp³-hybridized carbons (Fsp3) is 0.682. The van der Waals surface area contributed by atoms with Crippen molar-refractivity contribution < 1.29 is 13.2 Å². The molecule has 28 heavy (non-hydrogen) atoms. The molecule has 1 saturated carbocycles. The molecule has 2 fully saturated rings. The van der Waals surface area contributed by atoms with Gasteiger partial charge in [0.25, 0.3) is 0 Å². The summed E-state index contributed by atoms with van der Waals surface area (Å²) in [4.78, 5) is 11.9. The Morgan fingerprint density at radius 1 is 1.04 bits per heavy atom. The first-order chi connectivity index (χ1) is 13.3. The van der Waals surface area contributed by atoms with E-state index in [9.17, 15) is 13.2 Å². The number of hydrogen-bond donors (Lipinski definition) is 1. The normalized spacial score (nSPS) is 19.1. The van der Waals surface area contributed by atoms with Gasteiger partial charge in [-0.25, -0.2) is 12.7 Å². The molecule has 5 nitrogen and oxygen atoms in total. The van der Waals surface area contributed by atoms with Crippen molar-refractivity contribution in [3.63, 3.8) is 0 Å². The van der Waals surface area contributed by atoms with E-state index in [1.165, 1.54) is 24.0 Å². The Hall–Kier alpha value is -1.40. The van der Waals surface area contributed by atoms with Gasteiger partial charge in [-0.1, -0.05) is 24.3 Å². The lowest BCUT2D eigenvalue weighted by molar-refractivity contribution is -0.121. The Morgan fingerprint density at radius 3 is 2.21 bits per heavy atom. The van der Waals surface area contributed by atoms with Crippen LogP contribution in [-0.4, -0.2) is 43.5 Å². The third-order valence-electron chi connectivity index (χ3n) is 6.00. The highest BCUT2D eigenvalue weighted by Gasteiger charge is 2.30. The van der Waals surface area contributed by atoms with Gasteiger partial charge in [0.2, 0.25) is 15.9 Å². The van der Waals surface area contributed by atoms with E-state index in [1.807, 2.05) is 0 Å². The Kier molecular flexibility index (Phi) is 7.15. The molecular weight excluding hydrogens is 372 g/mol. The van der Waals surface area contributed by atoms with Crippen LogP contribution in [0.1, 0.15) is 57.1 Å². The maximum atomic E-state index is 12.3. The number of nitrogens with zero attached hydrogens (tertiary/aromatic N) is 1. The van der Waals surface area contributed by atoms with E-state index in [0.717, 1.165) is 38.1 Å². The van der Waals surface area contributed by atoms with Crippen LogP contribution in [0.5, 0.6) is 0 Å². The second-order valence-electron chi connectivity index (χ2n) is 8.70. The molecule has 6 heteroatoms. The van der Waals surface area contributed by atoms with Crippen molar-refractivity contribution in [1.82, 2.24) is 9.62 Å². The largest absolute Gasteiger partial charge is 0.356 e. The molecule has 1 aromatic rings. The van der Waals surface area contributed by atoms with E-state index in [0.29, 0.717) is 25.4 Å². The van der Waals surface area contributed by atoms with Gasteiger partial charge < -0.3 is 5.32 Å². The second-order valence-corrected chi connectivity index (χ2v) is 11.2. The smallest absolute Gasteiger partial charge is 0.220 e. The quantitative estimate of drug-likeness (QED) is 0.685. The number of carbonyl (C=O) groups excluding carboxylic acids is 1. The third kappa shape index (κ3) is 6.05. The van der Waals surface area contributed by atoms with Crippen LogP contribution in [0.4, 0.5) is 0 Å². The van der Waals surface area contributed by atoms with Gasteiger partial charge in [0.05, 0.1) is 5.25 Å². The summed E-state index contributed by atoms with van der Waals surface area (Å²) in [6.07, 6.45) is 6.70. The van der Waals surface area contributed by atoms with Gasteiger partial charge in [-0.05, 0) is 75.3 Å². The minimum absolute atomic E-state index is 0.152. The molecule has 0 aromatic heterocycles. The number of amides is 1. The molecule has 1 aromatic carbocycles. The first-order valence-corrected chi connectivity index (χ1v) is 12.2. The summed E-state index contributed by atoms with van der Waals surface area (Å²) in [7, 11) is -3.12. The van der Waals surface area contributed by atoms with E-state index in [2.05, 4.69) is 29.6 Å². The minimum Gasteiger partial charge on any atom is -0.356 e. The van der Waals surface area contributed by atoms with Gasteiger partial charge in [-0.3, -0.25) is 4.79 Å². The number of piperidine rings is 1. The number of rotatable bonds is 9. The predicted octanol–water partition coefficient (Wildman–Crippen LogP) is 3.14. The van der Waals surface area contributed by atoms with Crippen molar-refractivity contribution in [2.24, 2.45) is 11.8 Å². The zero-order valence-electron chi connectivity index (χ0n) is 17.2. The Bertz CT molecular complexity index is 746. The summed E-state index contributed by atoms with van der Waals surface area (Å²) >= 11 is 0. The van der Waals surface area contributed by atoms with E-state index in [1.54, 1.807) is 18.2 Å². The predicted molar refractivity (Wildman–Crippen MR) is 113 cm³/mol. The van der Waals surface area contributed by atoms with Gasteiger partial charge in [0.15, 0.2) is 0 Å². The molecule has 0 atom stereocenters. The fourth-order valence-electron chi connectivity index (χ4n) is 3.77. The first kappa shape index (κ1) is 21.3. The van der Waals surface area contributed by atoms with E-state index in [4.69, 9.17) is 0 Å². The summed E-state index contributed by atoms with van der Waals surface area (Å²) in [5.41, 5.74) is 2.50. The summed E-state index contributed by atoms with van der Waals surface area (Å²) in [5.74, 6) is 1.41. The van der Waals surface area contributed by atoms with Crippen molar-refractivity contribution in [2.45, 2.75) is 64.0 Å². The summed E-state index contributed by atoms with van der Waals surface area (Å²) in [5, 5.41) is 2.68. The Labute approximate surface area is 169 Å². The highest BCUT2D eigenvalue weighted by atomic mass is 32.2. The van der Waals surface area contributed by atoms with Crippen molar-refractivity contribution >= 4 is 15.9 Å². The molecular formula is C22H34N2O3S. The lowest BCUT2D eigenvalue weighted by Crippen LogP contribution is -2.42. The van der Waals surface area contributed by atoms with Gasteiger partial charge in [-0.2, -0.15) is 0 Å². The number of aryl methyl sites for hydroxylation is 1. The molecule has 1 heterocycles. The number of sulfonamides is 1. The molecule has 1 amide bonds. The number of carbonyl (C=O) groups is 1. The molecule has 1 aliphatic carbocycles. The monoisotopic (exact) mass is 406 g/mol. The SMILES string of the molecule is CC(C)S(=O)(=O)N1CCC(Cc2ccc(CCC(=O)NCC3CC3)cc2)CC1. The van der Waals surface area contributed by atoms with Gasteiger partial charge in [-0.15, -0.1) is 0 Å². The van der Waals surface area contributed by atoms with Gasteiger partial charge >= 0.3 is 0 Å². The Balaban J connectivity index is 1.40. The maximum absolute atomic E-state index is 12.3. The standard InChI is InChI=1S/C22H34N2O3S/c1-17(2)28(26,27)24-13-11-20(12-14-24)15-19-5-3-18(4-6-19)9-10-22(25)23-16-21-7-8-21/h3-6,17,20-21H,7-16H2,1-2H3,(H,23,25). The van der Waals surface area contributed by atoms with Crippen molar-refractivity contribution in [3.8, 4) is 0 Å². The van der Waals surface area contributed by atoms with Gasteiger partial charge in [0.1, 0.15) is 0 Å². The van der Waals surface area contributed by atoms with Crippen LogP contribution >= 0.6 is 0 Å². The fourth-order valence-corrected chi connectivity index (χ4v) is 5.08.